The van der Waals surface area contributed by atoms with E-state index in [2.05, 4.69) is 5.32 Å². The van der Waals surface area contributed by atoms with Crippen molar-refractivity contribution in [2.24, 2.45) is 0 Å². The van der Waals surface area contributed by atoms with E-state index in [1.807, 2.05) is 13.8 Å². The highest BCUT2D eigenvalue weighted by Gasteiger charge is 2.22. The lowest BCUT2D eigenvalue weighted by Gasteiger charge is -2.20. The van der Waals surface area contributed by atoms with E-state index in [-0.39, 0.29) is 10.8 Å². The average molecular weight is 385 g/mol. The molecule has 1 amide bonds. The molecule has 140 valence electrons. The van der Waals surface area contributed by atoms with E-state index in [0.717, 1.165) is 0 Å². The number of rotatable bonds is 8. The van der Waals surface area contributed by atoms with Crippen molar-refractivity contribution in [1.29, 1.82) is 0 Å². The van der Waals surface area contributed by atoms with Gasteiger partial charge in [0.25, 0.3) is 0 Å². The predicted molar refractivity (Wildman–Crippen MR) is 105 cm³/mol. The molecule has 1 saturated carbocycles. The van der Waals surface area contributed by atoms with Gasteiger partial charge in [-0.3, -0.25) is 4.79 Å². The molecule has 1 aromatic carbocycles. The van der Waals surface area contributed by atoms with E-state index in [4.69, 9.17) is 0 Å². The van der Waals surface area contributed by atoms with Crippen molar-refractivity contribution in [3.05, 3.63) is 24.3 Å². The molecule has 1 aromatic rings. The number of carbonyl (C=O) groups excluding carboxylic acids is 1. The molecule has 7 heteroatoms. The average Bonchev–Trinajstić information content (AvgIpc) is 2.62. The summed E-state index contributed by atoms with van der Waals surface area (Å²) in [6, 6.07) is 6.50. The summed E-state index contributed by atoms with van der Waals surface area (Å²) in [6.07, 6.45) is 6.19. The second-order valence-corrected chi connectivity index (χ2v) is 9.46. The van der Waals surface area contributed by atoms with Crippen molar-refractivity contribution < 1.29 is 13.2 Å². The molecule has 2 rings (SSSR count). The van der Waals surface area contributed by atoms with Crippen LogP contribution in [0, 0.1) is 0 Å². The van der Waals surface area contributed by atoms with Crippen molar-refractivity contribution in [2.45, 2.75) is 56.1 Å². The van der Waals surface area contributed by atoms with Crippen LogP contribution in [0.5, 0.6) is 0 Å². The van der Waals surface area contributed by atoms with Crippen LogP contribution in [0.25, 0.3) is 0 Å². The molecule has 25 heavy (non-hydrogen) atoms. The van der Waals surface area contributed by atoms with E-state index in [0.29, 0.717) is 29.8 Å². The third-order valence-corrected chi connectivity index (χ3v) is 7.88. The number of thioether (sulfide) groups is 1. The fourth-order valence-electron chi connectivity index (χ4n) is 3.07. The Morgan fingerprint density at radius 3 is 2.52 bits per heavy atom. The van der Waals surface area contributed by atoms with E-state index in [1.165, 1.54) is 42.5 Å². The van der Waals surface area contributed by atoms with E-state index >= 15 is 0 Å². The SMILES string of the molecule is CCN(CC)S(=O)(=O)c1cccc(NC(=O)CSC2CCCCC2)c1. The highest BCUT2D eigenvalue weighted by Crippen LogP contribution is 2.28. The molecule has 0 spiro atoms. The Labute approximate surface area is 155 Å². The summed E-state index contributed by atoms with van der Waals surface area (Å²) in [5.74, 6) is 0.338. The highest BCUT2D eigenvalue weighted by atomic mass is 32.2. The quantitative estimate of drug-likeness (QED) is 0.742. The van der Waals surface area contributed by atoms with Crippen LogP contribution in [0.3, 0.4) is 0 Å². The molecule has 1 aliphatic rings. The van der Waals surface area contributed by atoms with Crippen molar-refractivity contribution in [1.82, 2.24) is 4.31 Å². The van der Waals surface area contributed by atoms with Gasteiger partial charge in [-0.15, -0.1) is 11.8 Å². The number of anilines is 1. The maximum absolute atomic E-state index is 12.6. The maximum atomic E-state index is 12.6. The Hall–Kier alpha value is -1.05. The van der Waals surface area contributed by atoms with Gasteiger partial charge >= 0.3 is 0 Å². The molecule has 0 aromatic heterocycles. The third kappa shape index (κ3) is 5.72. The van der Waals surface area contributed by atoms with E-state index in [9.17, 15) is 13.2 Å². The molecular weight excluding hydrogens is 356 g/mol. The molecule has 0 saturated heterocycles. The van der Waals surface area contributed by atoms with E-state index < -0.39 is 10.0 Å². The lowest BCUT2D eigenvalue weighted by molar-refractivity contribution is -0.113. The Kier molecular flexibility index (Phi) is 7.78. The van der Waals surface area contributed by atoms with Gasteiger partial charge in [-0.05, 0) is 31.0 Å². The first-order chi connectivity index (χ1) is 12.0. The van der Waals surface area contributed by atoms with Crippen LogP contribution in [0.4, 0.5) is 5.69 Å². The van der Waals surface area contributed by atoms with Crippen molar-refractivity contribution in [3.63, 3.8) is 0 Å². The maximum Gasteiger partial charge on any atom is 0.243 e. The molecule has 5 nitrogen and oxygen atoms in total. The second kappa shape index (κ2) is 9.59. The van der Waals surface area contributed by atoms with Crippen molar-refractivity contribution in [2.75, 3.05) is 24.2 Å². The van der Waals surface area contributed by atoms with Crippen molar-refractivity contribution in [3.8, 4) is 0 Å². The number of carbonyl (C=O) groups is 1. The summed E-state index contributed by atoms with van der Waals surface area (Å²) in [6.45, 7) is 4.48. The number of sulfonamides is 1. The first-order valence-electron chi connectivity index (χ1n) is 8.99. The van der Waals surface area contributed by atoms with Crippen LogP contribution in [0.1, 0.15) is 46.0 Å². The Morgan fingerprint density at radius 2 is 1.88 bits per heavy atom. The van der Waals surface area contributed by atoms with Crippen LogP contribution in [0.15, 0.2) is 29.2 Å². The van der Waals surface area contributed by atoms with Gasteiger partial charge < -0.3 is 5.32 Å². The van der Waals surface area contributed by atoms with Gasteiger partial charge in [0.05, 0.1) is 10.6 Å². The number of nitrogens with zero attached hydrogens (tertiary/aromatic N) is 1. The summed E-state index contributed by atoms with van der Waals surface area (Å²) in [4.78, 5) is 12.4. The molecule has 0 unspecified atom stereocenters. The molecule has 0 atom stereocenters. The molecule has 0 bridgehead atoms. The molecular formula is C18H28N2O3S2. The highest BCUT2D eigenvalue weighted by molar-refractivity contribution is 8.00. The molecule has 0 radical (unpaired) electrons. The molecule has 1 aliphatic carbocycles. The monoisotopic (exact) mass is 384 g/mol. The van der Waals surface area contributed by atoms with Crippen LogP contribution in [0.2, 0.25) is 0 Å². The molecule has 1 N–H and O–H groups in total. The first-order valence-corrected chi connectivity index (χ1v) is 11.5. The molecule has 1 fully saturated rings. The van der Waals surface area contributed by atoms with Crippen LogP contribution in [-0.4, -0.2) is 42.7 Å². The summed E-state index contributed by atoms with van der Waals surface area (Å²) < 4.78 is 26.6. The molecule has 0 heterocycles. The third-order valence-electron chi connectivity index (χ3n) is 4.46. The largest absolute Gasteiger partial charge is 0.325 e. The zero-order valence-corrected chi connectivity index (χ0v) is 16.7. The number of amides is 1. The van der Waals surface area contributed by atoms with Gasteiger partial charge in [0.15, 0.2) is 0 Å². The predicted octanol–water partition coefficient (Wildman–Crippen LogP) is 3.72. The van der Waals surface area contributed by atoms with E-state index in [1.54, 1.807) is 30.0 Å². The summed E-state index contributed by atoms with van der Waals surface area (Å²) in [5.41, 5.74) is 0.530. The minimum Gasteiger partial charge on any atom is -0.325 e. The zero-order valence-electron chi connectivity index (χ0n) is 15.0. The van der Waals surface area contributed by atoms with Gasteiger partial charge in [0, 0.05) is 24.0 Å². The minimum atomic E-state index is -3.51. The van der Waals surface area contributed by atoms with Gasteiger partial charge in [-0.2, -0.15) is 4.31 Å². The minimum absolute atomic E-state index is 0.0760. The summed E-state index contributed by atoms with van der Waals surface area (Å²) in [5, 5.41) is 3.40. The second-order valence-electron chi connectivity index (χ2n) is 6.24. The zero-order chi connectivity index (χ0) is 18.3. The van der Waals surface area contributed by atoms with Gasteiger partial charge in [0.1, 0.15) is 0 Å². The van der Waals surface area contributed by atoms with Crippen LogP contribution in [-0.2, 0) is 14.8 Å². The van der Waals surface area contributed by atoms with Crippen molar-refractivity contribution >= 4 is 33.4 Å². The summed E-state index contributed by atoms with van der Waals surface area (Å²) >= 11 is 1.71. The van der Waals surface area contributed by atoms with Gasteiger partial charge in [-0.25, -0.2) is 8.42 Å². The number of hydrogen-bond donors (Lipinski definition) is 1. The van der Waals surface area contributed by atoms with Gasteiger partial charge in [-0.1, -0.05) is 39.2 Å². The van der Waals surface area contributed by atoms with Gasteiger partial charge in [0.2, 0.25) is 15.9 Å². The Morgan fingerprint density at radius 1 is 1.20 bits per heavy atom. The summed E-state index contributed by atoms with van der Waals surface area (Å²) in [7, 11) is -3.51. The lowest BCUT2D eigenvalue weighted by atomic mass is 10.0. The Bertz CT molecular complexity index is 667. The number of nitrogens with one attached hydrogen (secondary N) is 1. The molecule has 0 aliphatic heterocycles. The Balaban J connectivity index is 1.97. The standard InChI is InChI=1S/C18H28N2O3S2/c1-3-20(4-2)25(22,23)17-12-8-9-15(13-17)19-18(21)14-24-16-10-6-5-7-11-16/h8-9,12-13,16H,3-7,10-11,14H2,1-2H3,(H,19,21). The fraction of sp³-hybridized carbons (Fsp3) is 0.611. The smallest absolute Gasteiger partial charge is 0.243 e. The number of hydrogen-bond acceptors (Lipinski definition) is 4. The fourth-order valence-corrected chi connectivity index (χ4v) is 5.70. The topological polar surface area (TPSA) is 66.5 Å². The number of benzene rings is 1. The van der Waals surface area contributed by atoms with Crippen LogP contribution < -0.4 is 5.32 Å². The lowest BCUT2D eigenvalue weighted by Crippen LogP contribution is -2.30. The first kappa shape index (κ1) is 20.3. The normalized spacial score (nSPS) is 16.1. The van der Waals surface area contributed by atoms with Crippen LogP contribution >= 0.6 is 11.8 Å².